The summed E-state index contributed by atoms with van der Waals surface area (Å²) < 4.78 is 4.81. The molecular weight excluding hydrogens is 349 g/mol. The summed E-state index contributed by atoms with van der Waals surface area (Å²) in [6.07, 6.45) is 13.0. The summed E-state index contributed by atoms with van der Waals surface area (Å²) in [5.41, 5.74) is 2.50. The molecule has 0 aliphatic carbocycles. The molecule has 1 N–H and O–H groups in total. The van der Waals surface area contributed by atoms with Crippen LogP contribution < -0.4 is 5.32 Å². The van der Waals surface area contributed by atoms with Crippen LogP contribution >= 0.6 is 9.24 Å². The monoisotopic (exact) mass is 385 g/mol. The SMILES string of the molecule is C=C/C=C(\C=C)OC.C=C/C=C(\C=C/C)C(P)NCc1ccccc1.CC. The normalized spacial score (nSPS) is 12.0. The third-order valence-electron chi connectivity index (χ3n) is 3.12. The van der Waals surface area contributed by atoms with Crippen LogP contribution in [0.15, 0.2) is 104 Å². The topological polar surface area (TPSA) is 21.3 Å². The second-order valence-corrected chi connectivity index (χ2v) is 5.63. The van der Waals surface area contributed by atoms with E-state index >= 15 is 0 Å². The van der Waals surface area contributed by atoms with Crippen molar-refractivity contribution in [2.75, 3.05) is 7.11 Å². The first kappa shape index (κ1) is 27.1. The highest BCUT2D eigenvalue weighted by molar-refractivity contribution is 7.18. The van der Waals surface area contributed by atoms with E-state index in [0.717, 1.165) is 12.3 Å². The van der Waals surface area contributed by atoms with Crippen molar-refractivity contribution in [3.05, 3.63) is 109 Å². The van der Waals surface area contributed by atoms with Gasteiger partial charge in [-0.3, -0.25) is 0 Å². The lowest BCUT2D eigenvalue weighted by Crippen LogP contribution is -2.24. The van der Waals surface area contributed by atoms with Crippen LogP contribution in [0.4, 0.5) is 0 Å². The summed E-state index contributed by atoms with van der Waals surface area (Å²) in [7, 11) is 4.41. The van der Waals surface area contributed by atoms with Crippen molar-refractivity contribution >= 4 is 9.24 Å². The van der Waals surface area contributed by atoms with Gasteiger partial charge in [0.1, 0.15) is 5.76 Å². The zero-order valence-electron chi connectivity index (χ0n) is 17.3. The summed E-state index contributed by atoms with van der Waals surface area (Å²) in [4.78, 5) is 0. The van der Waals surface area contributed by atoms with Crippen molar-refractivity contribution < 1.29 is 4.74 Å². The zero-order valence-corrected chi connectivity index (χ0v) is 18.5. The number of allylic oxidation sites excluding steroid dienone is 6. The van der Waals surface area contributed by atoms with Gasteiger partial charge < -0.3 is 10.1 Å². The van der Waals surface area contributed by atoms with Crippen LogP contribution in [0.2, 0.25) is 0 Å². The predicted molar refractivity (Wildman–Crippen MR) is 127 cm³/mol. The van der Waals surface area contributed by atoms with Crippen molar-refractivity contribution in [1.82, 2.24) is 5.32 Å². The van der Waals surface area contributed by atoms with E-state index in [9.17, 15) is 0 Å². The number of hydrogen-bond donors (Lipinski definition) is 1. The van der Waals surface area contributed by atoms with Gasteiger partial charge in [0.25, 0.3) is 0 Å². The van der Waals surface area contributed by atoms with E-state index < -0.39 is 0 Å². The van der Waals surface area contributed by atoms with Crippen LogP contribution in [0.25, 0.3) is 0 Å². The number of ether oxygens (including phenoxy) is 1. The standard InChI is InChI=1S/C15H20NP.C7H10O.C2H6/c1-3-8-14(9-4-2)15(17)16-12-13-10-6-5-7-11-13;1-4-6-7(5-2)8-3;1-2/h3-11,15-16H,1,12,17H2,2H3;4-6H,1-2H2,3H3;1-2H3/b9-4-,14-8+;7-6+;. The molecule has 1 rings (SSSR count). The van der Waals surface area contributed by atoms with Crippen LogP contribution in [0.3, 0.4) is 0 Å². The highest BCUT2D eigenvalue weighted by atomic mass is 31.0. The molecule has 0 bridgehead atoms. The van der Waals surface area contributed by atoms with Gasteiger partial charge in [0.05, 0.1) is 7.11 Å². The van der Waals surface area contributed by atoms with Gasteiger partial charge in [-0.2, -0.15) is 0 Å². The van der Waals surface area contributed by atoms with Crippen LogP contribution in [0.5, 0.6) is 0 Å². The number of hydrogen-bond acceptors (Lipinski definition) is 2. The molecule has 2 nitrogen and oxygen atoms in total. The van der Waals surface area contributed by atoms with E-state index in [-0.39, 0.29) is 5.78 Å². The summed E-state index contributed by atoms with van der Waals surface area (Å²) in [6, 6.07) is 10.4. The zero-order chi connectivity index (χ0) is 20.9. The van der Waals surface area contributed by atoms with Crippen molar-refractivity contribution in [3.8, 4) is 0 Å². The lowest BCUT2D eigenvalue weighted by molar-refractivity contribution is 0.307. The van der Waals surface area contributed by atoms with Crippen LogP contribution in [-0.4, -0.2) is 12.9 Å². The molecular formula is C24H36NOP. The fraction of sp³-hybridized carbons (Fsp3) is 0.250. The molecule has 1 aromatic carbocycles. The van der Waals surface area contributed by atoms with E-state index in [1.54, 1.807) is 25.3 Å². The van der Waals surface area contributed by atoms with Gasteiger partial charge in [-0.05, 0) is 30.2 Å². The van der Waals surface area contributed by atoms with Crippen molar-refractivity contribution in [3.63, 3.8) is 0 Å². The second-order valence-electron chi connectivity index (χ2n) is 4.96. The molecule has 0 aliphatic heterocycles. The van der Waals surface area contributed by atoms with Crippen molar-refractivity contribution in [1.29, 1.82) is 0 Å². The molecule has 2 atom stereocenters. The van der Waals surface area contributed by atoms with Crippen LogP contribution in [-0.2, 0) is 11.3 Å². The van der Waals surface area contributed by atoms with Gasteiger partial charge in [-0.1, -0.05) is 94.3 Å². The van der Waals surface area contributed by atoms with E-state index in [1.165, 1.54) is 11.1 Å². The lowest BCUT2D eigenvalue weighted by Gasteiger charge is -2.15. The molecule has 0 saturated carbocycles. The van der Waals surface area contributed by atoms with Crippen molar-refractivity contribution in [2.24, 2.45) is 0 Å². The Bertz CT molecular complexity index is 600. The molecule has 0 amide bonds. The van der Waals surface area contributed by atoms with Gasteiger partial charge in [0.2, 0.25) is 0 Å². The first-order valence-electron chi connectivity index (χ1n) is 9.10. The first-order valence-corrected chi connectivity index (χ1v) is 9.76. The van der Waals surface area contributed by atoms with E-state index in [1.807, 2.05) is 45.1 Å². The largest absolute Gasteiger partial charge is 0.497 e. The van der Waals surface area contributed by atoms with Gasteiger partial charge in [-0.25, -0.2) is 0 Å². The smallest absolute Gasteiger partial charge is 0.118 e. The van der Waals surface area contributed by atoms with Crippen LogP contribution in [0, 0.1) is 0 Å². The molecule has 2 unspecified atom stereocenters. The van der Waals surface area contributed by atoms with E-state index in [4.69, 9.17) is 4.74 Å². The average Bonchev–Trinajstić information content (AvgIpc) is 2.72. The predicted octanol–water partition coefficient (Wildman–Crippen LogP) is 6.58. The van der Waals surface area contributed by atoms with Crippen molar-refractivity contribution in [2.45, 2.75) is 33.1 Å². The first-order chi connectivity index (χ1) is 13.1. The Morgan fingerprint density at radius 3 is 2.11 bits per heavy atom. The second kappa shape index (κ2) is 20.2. The summed E-state index contributed by atoms with van der Waals surface area (Å²) in [6.45, 7) is 17.6. The minimum absolute atomic E-state index is 0.240. The molecule has 0 spiro atoms. The minimum atomic E-state index is 0.240. The van der Waals surface area contributed by atoms with Crippen LogP contribution in [0.1, 0.15) is 26.3 Å². The van der Waals surface area contributed by atoms with Gasteiger partial charge >= 0.3 is 0 Å². The summed E-state index contributed by atoms with van der Waals surface area (Å²) in [5, 5.41) is 3.46. The number of benzene rings is 1. The molecule has 1 aromatic rings. The van der Waals surface area contributed by atoms with Gasteiger partial charge in [0.15, 0.2) is 0 Å². The molecule has 0 aliphatic rings. The fourth-order valence-electron chi connectivity index (χ4n) is 1.87. The Balaban J connectivity index is 0. The summed E-state index contributed by atoms with van der Waals surface area (Å²) in [5.74, 6) is 0.976. The molecule has 0 saturated heterocycles. The van der Waals surface area contributed by atoms with E-state index in [2.05, 4.69) is 64.6 Å². The third kappa shape index (κ3) is 14.7. The average molecular weight is 386 g/mol. The molecule has 3 heteroatoms. The van der Waals surface area contributed by atoms with Gasteiger partial charge in [0, 0.05) is 12.3 Å². The number of methoxy groups -OCH3 is 1. The Hall–Kier alpha value is -2.15. The maximum absolute atomic E-state index is 4.81. The molecule has 0 fully saturated rings. The minimum Gasteiger partial charge on any atom is -0.497 e. The number of nitrogens with one attached hydrogen (secondary N) is 1. The molecule has 27 heavy (non-hydrogen) atoms. The Morgan fingerprint density at radius 2 is 1.70 bits per heavy atom. The quantitative estimate of drug-likeness (QED) is 0.294. The van der Waals surface area contributed by atoms with E-state index in [0.29, 0.717) is 0 Å². The maximum atomic E-state index is 4.81. The molecule has 0 aromatic heterocycles. The molecule has 0 heterocycles. The maximum Gasteiger partial charge on any atom is 0.118 e. The molecule has 0 radical (unpaired) electrons. The summed E-state index contributed by atoms with van der Waals surface area (Å²) >= 11 is 0. The van der Waals surface area contributed by atoms with Gasteiger partial charge in [-0.15, -0.1) is 9.24 Å². The third-order valence-corrected chi connectivity index (χ3v) is 3.74. The molecule has 148 valence electrons. The lowest BCUT2D eigenvalue weighted by atomic mass is 10.2. The highest BCUT2D eigenvalue weighted by Gasteiger charge is 2.04. The highest BCUT2D eigenvalue weighted by Crippen LogP contribution is 2.12. The Labute approximate surface area is 169 Å². The number of rotatable bonds is 9. The Kier molecular flexibility index (Phi) is 20.2. The fourth-order valence-corrected chi connectivity index (χ4v) is 2.21. The Morgan fingerprint density at radius 1 is 1.11 bits per heavy atom.